The Labute approximate surface area is 196 Å². The number of aliphatic hydroxyl groups excluding tert-OH is 6. The Morgan fingerprint density at radius 3 is 1.85 bits per heavy atom. The molecule has 15 heteroatoms. The van der Waals surface area contributed by atoms with Gasteiger partial charge in [-0.1, -0.05) is 0 Å². The van der Waals surface area contributed by atoms with Gasteiger partial charge in [-0.15, -0.1) is 0 Å². The van der Waals surface area contributed by atoms with Gasteiger partial charge in [0.05, 0.1) is 20.2 Å². The molecule has 1 unspecified atom stereocenters. The van der Waals surface area contributed by atoms with Crippen LogP contribution >= 0.6 is 0 Å². The van der Waals surface area contributed by atoms with Gasteiger partial charge in [0.15, 0.2) is 18.3 Å². The van der Waals surface area contributed by atoms with E-state index in [1.807, 2.05) is 0 Å². The molecule has 0 aliphatic carbocycles. The number of aliphatic carboxylic acids is 1. The average molecular weight is 504 g/mol. The van der Waals surface area contributed by atoms with Crippen molar-refractivity contribution in [2.24, 2.45) is 0 Å². The number of aliphatic hydroxyl groups is 6. The molecule has 1 aromatic heterocycles. The summed E-state index contributed by atoms with van der Waals surface area (Å²) in [6.07, 6.45) is -6.34. The van der Waals surface area contributed by atoms with E-state index in [1.165, 1.54) is 13.0 Å². The van der Waals surface area contributed by atoms with Crippen LogP contribution in [-0.4, -0.2) is 110 Å². The Morgan fingerprint density at radius 2 is 1.56 bits per heavy atom. The van der Waals surface area contributed by atoms with Gasteiger partial charge < -0.3 is 54.8 Å². The maximum absolute atomic E-state index is 10.1. The second-order valence-electron chi connectivity index (χ2n) is 6.00. The van der Waals surface area contributed by atoms with Gasteiger partial charge in [0.25, 0.3) is 6.47 Å². The first-order chi connectivity index (χ1) is 16.0. The van der Waals surface area contributed by atoms with Gasteiger partial charge in [0.2, 0.25) is 0 Å². The maximum Gasteiger partial charge on any atom is 1.00 e. The molecule has 0 aromatic carbocycles. The SMILES string of the molecule is CC(=O)CCC(=O)O.CF.O=CO.O=Cc1ccc(CO)o1.OC[C@H]1OC(O)[C@H](O)[C@@H](O)[C@@H]1O.[H+].[H+]. The van der Waals surface area contributed by atoms with Crippen molar-refractivity contribution < 1.29 is 76.4 Å². The van der Waals surface area contributed by atoms with E-state index in [1.54, 1.807) is 6.07 Å². The molecule has 1 aromatic rings. The van der Waals surface area contributed by atoms with Crippen LogP contribution in [0.5, 0.6) is 0 Å². The van der Waals surface area contributed by atoms with Crippen LogP contribution in [0.15, 0.2) is 16.5 Å². The Morgan fingerprint density at radius 1 is 1.03 bits per heavy atom. The lowest BCUT2D eigenvalue weighted by atomic mass is 10.00. The van der Waals surface area contributed by atoms with Gasteiger partial charge in [0.1, 0.15) is 42.6 Å². The minimum Gasteiger partial charge on any atom is -0.483 e. The van der Waals surface area contributed by atoms with E-state index in [-0.39, 0.29) is 40.3 Å². The van der Waals surface area contributed by atoms with Gasteiger partial charge in [-0.2, -0.15) is 0 Å². The second kappa shape index (κ2) is 22.0. The maximum atomic E-state index is 10.1. The van der Waals surface area contributed by atoms with Gasteiger partial charge in [-0.25, -0.2) is 0 Å². The number of rotatable bonds is 6. The molecule has 5 atom stereocenters. The van der Waals surface area contributed by atoms with Gasteiger partial charge >= 0.3 is 8.82 Å². The average Bonchev–Trinajstić information content (AvgIpc) is 3.30. The molecule has 1 fully saturated rings. The van der Waals surface area contributed by atoms with E-state index in [4.69, 9.17) is 50.1 Å². The van der Waals surface area contributed by atoms with Crippen LogP contribution in [0.3, 0.4) is 0 Å². The Bertz CT molecular complexity index is 672. The van der Waals surface area contributed by atoms with Gasteiger partial charge in [0, 0.05) is 6.42 Å². The molecule has 8 N–H and O–H groups in total. The lowest BCUT2D eigenvalue weighted by molar-refractivity contribution is -0.286. The number of carboxylic acid groups (broad SMARTS) is 2. The van der Waals surface area contributed by atoms with Crippen molar-refractivity contribution >= 4 is 24.5 Å². The highest BCUT2D eigenvalue weighted by atomic mass is 19.1. The van der Waals surface area contributed by atoms with Gasteiger partial charge in [-0.3, -0.25) is 18.8 Å². The van der Waals surface area contributed by atoms with Crippen LogP contribution in [0.25, 0.3) is 0 Å². The molecule has 1 aliphatic heterocycles. The first-order valence-corrected chi connectivity index (χ1v) is 9.29. The number of alkyl halides is 1. The molecule has 198 valence electrons. The smallest absolute Gasteiger partial charge is 0.483 e. The van der Waals surface area contributed by atoms with Crippen LogP contribution in [0.1, 0.15) is 38.9 Å². The number of carbonyl (C=O) groups excluding carboxylic acids is 2. The number of Topliss-reactive ketones (excluding diaryl/α,β-unsaturated/α-hetero) is 1. The molecule has 2 rings (SSSR count). The highest BCUT2D eigenvalue weighted by Crippen LogP contribution is 2.19. The standard InChI is InChI=1S/C6H12O6.C6H6O3.C5H8O3.CH3F.CH2O2/c7-1-2-3(8)4(9)5(10)6(11)12-2;7-3-5-1-2-6(4-8)9-5;1-4(6)2-3-5(7)8;1-2;2-1-3/h2-11H,1H2;1-3,8H,4H2;2-3H2,1H3,(H,7,8);1H3;1H,(H,2,3)/p+2/t2-,3-,4+,5-,6?;;;;/m1..../s1. The lowest BCUT2D eigenvalue weighted by Crippen LogP contribution is -2.58. The van der Waals surface area contributed by atoms with Crippen molar-refractivity contribution in [1.82, 2.24) is 0 Å². The molecule has 1 saturated heterocycles. The summed E-state index contributed by atoms with van der Waals surface area (Å²) in [5.41, 5.74) is 0. The second-order valence-corrected chi connectivity index (χ2v) is 6.00. The molecule has 34 heavy (non-hydrogen) atoms. The van der Waals surface area contributed by atoms with E-state index in [2.05, 4.69) is 4.74 Å². The molecule has 0 amide bonds. The van der Waals surface area contributed by atoms with Crippen molar-refractivity contribution in [1.29, 1.82) is 0 Å². The van der Waals surface area contributed by atoms with Crippen molar-refractivity contribution in [2.45, 2.75) is 57.1 Å². The zero-order valence-electron chi connectivity index (χ0n) is 20.4. The number of carbonyl (C=O) groups is 4. The molecular formula is C19H33FO14+2. The minimum absolute atomic E-state index is 0. The number of hydrogen-bond acceptors (Lipinski definition) is 12. The molecule has 0 radical (unpaired) electrons. The first kappa shape index (κ1) is 35.8. The summed E-state index contributed by atoms with van der Waals surface area (Å²) in [5.74, 6) is -0.330. The first-order valence-electron chi connectivity index (χ1n) is 9.29. The normalized spacial score (nSPS) is 22.4. The number of hydrogen-bond donors (Lipinski definition) is 8. The van der Waals surface area contributed by atoms with Crippen LogP contribution < -0.4 is 0 Å². The fourth-order valence-electron chi connectivity index (χ4n) is 1.91. The number of furan rings is 1. The summed E-state index contributed by atoms with van der Waals surface area (Å²) in [4.78, 5) is 38.2. The largest absolute Gasteiger partial charge is 1.00 e. The van der Waals surface area contributed by atoms with Crippen LogP contribution in [-0.2, 0) is 25.7 Å². The number of ether oxygens (including phenoxy) is 1. The highest BCUT2D eigenvalue weighted by Gasteiger charge is 2.42. The molecule has 14 nitrogen and oxygen atoms in total. The quantitative estimate of drug-likeness (QED) is 0.201. The predicted molar refractivity (Wildman–Crippen MR) is 112 cm³/mol. The summed E-state index contributed by atoms with van der Waals surface area (Å²) >= 11 is 0. The Balaban J connectivity index is -0.000000121. The molecular weight excluding hydrogens is 471 g/mol. The zero-order chi connectivity index (χ0) is 27.3. The summed E-state index contributed by atoms with van der Waals surface area (Å²) < 4.78 is 18.8. The van der Waals surface area contributed by atoms with E-state index < -0.39 is 43.3 Å². The Hall–Kier alpha value is -2.79. The van der Waals surface area contributed by atoms with E-state index in [9.17, 15) is 18.8 Å². The monoisotopic (exact) mass is 504 g/mol. The van der Waals surface area contributed by atoms with Crippen molar-refractivity contribution in [2.75, 3.05) is 13.8 Å². The van der Waals surface area contributed by atoms with Crippen LogP contribution in [0, 0.1) is 0 Å². The third-order valence-electron chi connectivity index (χ3n) is 3.51. The Kier molecular flexibility index (Phi) is 23.2. The van der Waals surface area contributed by atoms with Gasteiger partial charge in [-0.05, 0) is 19.1 Å². The fourth-order valence-corrected chi connectivity index (χ4v) is 1.91. The highest BCUT2D eigenvalue weighted by molar-refractivity contribution is 5.80. The number of halogens is 1. The lowest BCUT2D eigenvalue weighted by Gasteiger charge is -2.37. The van der Waals surface area contributed by atoms with Crippen molar-refractivity contribution in [3.05, 3.63) is 23.7 Å². The van der Waals surface area contributed by atoms with Crippen molar-refractivity contribution in [3.8, 4) is 0 Å². The summed E-state index contributed by atoms with van der Waals surface area (Å²) in [6, 6.07) is 3.07. The molecule has 1 aliphatic rings. The van der Waals surface area contributed by atoms with E-state index >= 15 is 0 Å². The van der Waals surface area contributed by atoms with E-state index in [0.29, 0.717) is 19.2 Å². The predicted octanol–water partition coefficient (Wildman–Crippen LogP) is -1.69. The molecule has 0 spiro atoms. The molecule has 2 heterocycles. The third kappa shape index (κ3) is 16.8. The van der Waals surface area contributed by atoms with Crippen LogP contribution in [0.2, 0.25) is 0 Å². The molecule has 0 bridgehead atoms. The third-order valence-corrected chi connectivity index (χ3v) is 3.51. The summed E-state index contributed by atoms with van der Waals surface area (Å²) in [6.45, 7) is 0.443. The number of ketones is 1. The van der Waals surface area contributed by atoms with E-state index in [0.717, 1.165) is 0 Å². The molecule has 0 saturated carbocycles. The van der Waals surface area contributed by atoms with Crippen LogP contribution in [0.4, 0.5) is 4.39 Å². The van der Waals surface area contributed by atoms with Crippen molar-refractivity contribution in [3.63, 3.8) is 0 Å². The fraction of sp³-hybridized carbons (Fsp3) is 0.579. The number of carboxylic acids is 1. The topological polar surface area (TPSA) is 252 Å². The minimum atomic E-state index is -1.57. The summed E-state index contributed by atoms with van der Waals surface area (Å²) in [7, 11) is 0.500. The number of aldehydes is 1. The summed E-state index contributed by atoms with van der Waals surface area (Å²) in [5, 5.41) is 68.0. The zero-order valence-corrected chi connectivity index (χ0v) is 18.4.